The lowest BCUT2D eigenvalue weighted by atomic mass is 10.1. The fraction of sp³-hybridized carbons (Fsp3) is 0.571. The molecule has 0 radical (unpaired) electrons. The molecule has 1 fully saturated rings. The molecule has 1 N–H and O–H groups in total. The first-order chi connectivity index (χ1) is 8.56. The minimum absolute atomic E-state index is 0.190. The smallest absolute Gasteiger partial charge is 0.272 e. The molecule has 0 amide bonds. The molecule has 4 nitrogen and oxygen atoms in total. The number of anilines is 1. The third-order valence-corrected chi connectivity index (χ3v) is 3.79. The number of aryl methyl sites for hydroxylation is 1. The second kappa shape index (κ2) is 5.38. The van der Waals surface area contributed by atoms with Crippen molar-refractivity contribution in [1.82, 2.24) is 0 Å². The van der Waals surface area contributed by atoms with Crippen LogP contribution in [-0.2, 0) is 0 Å². The van der Waals surface area contributed by atoms with Crippen molar-refractivity contribution in [1.29, 1.82) is 0 Å². The topological polar surface area (TPSA) is 55.2 Å². The molecular formula is C14H20N2O2. The molecule has 0 saturated heterocycles. The predicted molar refractivity (Wildman–Crippen MR) is 72.8 cm³/mol. The van der Waals surface area contributed by atoms with E-state index >= 15 is 0 Å². The second-order valence-corrected chi connectivity index (χ2v) is 5.42. The minimum Gasteiger partial charge on any atom is -0.385 e. The maximum Gasteiger partial charge on any atom is 0.272 e. The minimum atomic E-state index is -0.336. The lowest BCUT2D eigenvalue weighted by Crippen LogP contribution is -2.11. The highest BCUT2D eigenvalue weighted by Gasteiger charge is 2.21. The van der Waals surface area contributed by atoms with Crippen molar-refractivity contribution in [2.24, 2.45) is 11.8 Å². The standard InChI is InChI=1S/C14H20N2O2/c1-10-3-4-12(7-10)9-15-13-5-6-14(16(17)18)11(2)8-13/h5-6,8,10,12,15H,3-4,7,9H2,1-2H3. The van der Waals surface area contributed by atoms with Gasteiger partial charge in [-0.15, -0.1) is 0 Å². The summed E-state index contributed by atoms with van der Waals surface area (Å²) in [7, 11) is 0. The number of nitrogens with one attached hydrogen (secondary N) is 1. The van der Waals surface area contributed by atoms with Gasteiger partial charge in [0.2, 0.25) is 0 Å². The Morgan fingerprint density at radius 1 is 1.44 bits per heavy atom. The molecule has 1 aliphatic rings. The van der Waals surface area contributed by atoms with E-state index in [-0.39, 0.29) is 10.6 Å². The molecule has 2 unspecified atom stereocenters. The van der Waals surface area contributed by atoms with E-state index in [2.05, 4.69) is 12.2 Å². The third kappa shape index (κ3) is 3.00. The lowest BCUT2D eigenvalue weighted by molar-refractivity contribution is -0.385. The zero-order valence-electron chi connectivity index (χ0n) is 11.0. The summed E-state index contributed by atoms with van der Waals surface area (Å²) >= 11 is 0. The van der Waals surface area contributed by atoms with Gasteiger partial charge in [-0.05, 0) is 43.7 Å². The fourth-order valence-corrected chi connectivity index (χ4v) is 2.74. The van der Waals surface area contributed by atoms with Crippen LogP contribution >= 0.6 is 0 Å². The lowest BCUT2D eigenvalue weighted by Gasteiger charge is -2.12. The molecule has 0 aromatic heterocycles. The van der Waals surface area contributed by atoms with Gasteiger partial charge < -0.3 is 5.32 Å². The maximum atomic E-state index is 10.7. The molecule has 1 aromatic carbocycles. The molecule has 1 aliphatic carbocycles. The van der Waals surface area contributed by atoms with Crippen LogP contribution in [0, 0.1) is 28.9 Å². The first-order valence-corrected chi connectivity index (χ1v) is 6.55. The average Bonchev–Trinajstić information content (AvgIpc) is 2.72. The van der Waals surface area contributed by atoms with E-state index in [1.165, 1.54) is 19.3 Å². The van der Waals surface area contributed by atoms with E-state index in [9.17, 15) is 10.1 Å². The first-order valence-electron chi connectivity index (χ1n) is 6.55. The van der Waals surface area contributed by atoms with Crippen molar-refractivity contribution in [3.8, 4) is 0 Å². The normalized spacial score (nSPS) is 23.0. The van der Waals surface area contributed by atoms with Crippen molar-refractivity contribution in [2.75, 3.05) is 11.9 Å². The van der Waals surface area contributed by atoms with E-state index in [0.29, 0.717) is 5.56 Å². The number of hydrogen-bond acceptors (Lipinski definition) is 3. The predicted octanol–water partition coefficient (Wildman–Crippen LogP) is 3.75. The molecule has 4 heteroatoms. The molecule has 1 saturated carbocycles. The Balaban J connectivity index is 1.94. The third-order valence-electron chi connectivity index (χ3n) is 3.79. The van der Waals surface area contributed by atoms with E-state index < -0.39 is 0 Å². The quantitative estimate of drug-likeness (QED) is 0.652. The highest BCUT2D eigenvalue weighted by molar-refractivity contribution is 5.53. The number of rotatable bonds is 4. The van der Waals surface area contributed by atoms with Gasteiger partial charge in [-0.3, -0.25) is 10.1 Å². The summed E-state index contributed by atoms with van der Waals surface area (Å²) < 4.78 is 0. The van der Waals surface area contributed by atoms with Crippen LogP contribution in [0.15, 0.2) is 18.2 Å². The highest BCUT2D eigenvalue weighted by atomic mass is 16.6. The van der Waals surface area contributed by atoms with Gasteiger partial charge in [-0.1, -0.05) is 13.3 Å². The summed E-state index contributed by atoms with van der Waals surface area (Å²) in [5.74, 6) is 1.59. The molecule has 2 rings (SSSR count). The Bertz CT molecular complexity index is 445. The number of nitro groups is 1. The molecule has 0 bridgehead atoms. The molecular weight excluding hydrogens is 228 g/mol. The van der Waals surface area contributed by atoms with Gasteiger partial charge >= 0.3 is 0 Å². The van der Waals surface area contributed by atoms with Crippen molar-refractivity contribution in [3.05, 3.63) is 33.9 Å². The molecule has 0 aliphatic heterocycles. The van der Waals surface area contributed by atoms with E-state index in [0.717, 1.165) is 24.1 Å². The largest absolute Gasteiger partial charge is 0.385 e. The monoisotopic (exact) mass is 248 g/mol. The van der Waals surface area contributed by atoms with Gasteiger partial charge in [0.05, 0.1) is 4.92 Å². The molecule has 1 aromatic rings. The van der Waals surface area contributed by atoms with Gasteiger partial charge in [0.25, 0.3) is 5.69 Å². The summed E-state index contributed by atoms with van der Waals surface area (Å²) in [6.07, 6.45) is 3.91. The number of nitrogens with zero attached hydrogens (tertiary/aromatic N) is 1. The fourth-order valence-electron chi connectivity index (χ4n) is 2.74. The van der Waals surface area contributed by atoms with Gasteiger partial charge in [-0.25, -0.2) is 0 Å². The Morgan fingerprint density at radius 3 is 2.78 bits per heavy atom. The van der Waals surface area contributed by atoms with Crippen LogP contribution in [0.3, 0.4) is 0 Å². The van der Waals surface area contributed by atoms with Crippen LogP contribution in [0.1, 0.15) is 31.7 Å². The van der Waals surface area contributed by atoms with Gasteiger partial charge in [0.15, 0.2) is 0 Å². The summed E-state index contributed by atoms with van der Waals surface area (Å²) in [6.45, 7) is 5.05. The second-order valence-electron chi connectivity index (χ2n) is 5.42. The molecule has 0 spiro atoms. The Kier molecular flexibility index (Phi) is 3.84. The number of nitro benzene ring substituents is 1. The first kappa shape index (κ1) is 12.9. The average molecular weight is 248 g/mol. The summed E-state index contributed by atoms with van der Waals surface area (Å²) in [4.78, 5) is 10.4. The Morgan fingerprint density at radius 2 is 2.22 bits per heavy atom. The summed E-state index contributed by atoms with van der Waals surface area (Å²) in [5.41, 5.74) is 1.89. The SMILES string of the molecule is Cc1cc(NCC2CCC(C)C2)ccc1[N+](=O)[O-]. The van der Waals surface area contributed by atoms with Gasteiger partial charge in [-0.2, -0.15) is 0 Å². The van der Waals surface area contributed by atoms with Crippen molar-refractivity contribution in [3.63, 3.8) is 0 Å². The van der Waals surface area contributed by atoms with E-state index in [1.807, 2.05) is 6.07 Å². The maximum absolute atomic E-state index is 10.7. The van der Waals surface area contributed by atoms with Crippen molar-refractivity contribution >= 4 is 11.4 Å². The molecule has 2 atom stereocenters. The molecule has 18 heavy (non-hydrogen) atoms. The highest BCUT2D eigenvalue weighted by Crippen LogP contribution is 2.30. The molecule has 98 valence electrons. The van der Waals surface area contributed by atoms with E-state index in [4.69, 9.17) is 0 Å². The van der Waals surface area contributed by atoms with Crippen LogP contribution in [0.5, 0.6) is 0 Å². The van der Waals surface area contributed by atoms with Crippen LogP contribution in [0.25, 0.3) is 0 Å². The zero-order chi connectivity index (χ0) is 13.1. The summed E-state index contributed by atoms with van der Waals surface area (Å²) in [5, 5.41) is 14.1. The Hall–Kier alpha value is -1.58. The van der Waals surface area contributed by atoms with Crippen LogP contribution < -0.4 is 5.32 Å². The van der Waals surface area contributed by atoms with Crippen LogP contribution in [0.4, 0.5) is 11.4 Å². The Labute approximate surface area is 108 Å². The van der Waals surface area contributed by atoms with Gasteiger partial charge in [0.1, 0.15) is 0 Å². The van der Waals surface area contributed by atoms with Crippen molar-refractivity contribution in [2.45, 2.75) is 33.1 Å². The van der Waals surface area contributed by atoms with E-state index in [1.54, 1.807) is 19.1 Å². The molecule has 0 heterocycles. The van der Waals surface area contributed by atoms with Crippen LogP contribution in [0.2, 0.25) is 0 Å². The zero-order valence-corrected chi connectivity index (χ0v) is 11.0. The number of hydrogen-bond donors (Lipinski definition) is 1. The van der Waals surface area contributed by atoms with Crippen LogP contribution in [-0.4, -0.2) is 11.5 Å². The van der Waals surface area contributed by atoms with Crippen molar-refractivity contribution < 1.29 is 4.92 Å². The summed E-state index contributed by atoms with van der Waals surface area (Å²) in [6, 6.07) is 5.23. The number of benzene rings is 1. The van der Waals surface area contributed by atoms with Gasteiger partial charge in [0, 0.05) is 23.9 Å².